The third kappa shape index (κ3) is 4.83. The SMILES string of the molecule is c1ccc([Si]2(c3ccccc3)c3ccccc3Sc3c2ccc2c3c3ccc(Oc4cccc(-c5ccccn5)c4)cc3n2-c2ccccn2)cc1. The van der Waals surface area contributed by atoms with Crippen LogP contribution in [-0.2, 0) is 0 Å². The van der Waals surface area contributed by atoms with Crippen LogP contribution < -0.4 is 25.5 Å². The largest absolute Gasteiger partial charge is 0.457 e. The highest BCUT2D eigenvalue weighted by molar-refractivity contribution is 8.00. The summed E-state index contributed by atoms with van der Waals surface area (Å²) in [4.78, 5) is 12.0. The Morgan fingerprint density at radius 2 is 1.23 bits per heavy atom. The first kappa shape index (κ1) is 30.6. The van der Waals surface area contributed by atoms with Crippen LogP contribution in [0.4, 0.5) is 0 Å². The van der Waals surface area contributed by atoms with Gasteiger partial charge in [0.25, 0.3) is 0 Å². The molecule has 6 heteroatoms. The lowest BCUT2D eigenvalue weighted by atomic mass is 10.1. The standard InChI is InChI=1S/C46H31N3OSSi/c1-3-16-35(17-4-1)52(36-18-5-2-6-19-36)42-22-8-7-21-41(42)51-46-43(52)27-26-39-45(46)37-25-24-34(31-40(37)49(39)44-23-10-12-29-48-44)50-33-15-13-14-32(30-33)38-20-9-11-28-47-38/h1-31H. The van der Waals surface area contributed by atoms with Crippen molar-refractivity contribution in [2.45, 2.75) is 9.79 Å². The van der Waals surface area contributed by atoms with E-state index in [9.17, 15) is 0 Å². The van der Waals surface area contributed by atoms with Gasteiger partial charge in [0.15, 0.2) is 8.07 Å². The number of rotatable bonds is 6. The first-order valence-corrected chi connectivity index (χ1v) is 20.2. The zero-order chi connectivity index (χ0) is 34.5. The molecule has 246 valence electrons. The molecule has 0 spiro atoms. The number of aromatic nitrogens is 3. The number of pyridine rings is 2. The van der Waals surface area contributed by atoms with E-state index in [2.05, 4.69) is 143 Å². The predicted molar refractivity (Wildman–Crippen MR) is 216 cm³/mol. The number of hydrogen-bond donors (Lipinski definition) is 0. The summed E-state index contributed by atoms with van der Waals surface area (Å²) in [5.74, 6) is 2.39. The molecule has 0 atom stereocenters. The zero-order valence-electron chi connectivity index (χ0n) is 28.1. The molecule has 0 fully saturated rings. The molecule has 52 heavy (non-hydrogen) atoms. The second-order valence-corrected chi connectivity index (χ2v) is 17.7. The van der Waals surface area contributed by atoms with Gasteiger partial charge in [-0.3, -0.25) is 9.55 Å². The van der Waals surface area contributed by atoms with Crippen LogP contribution in [0.3, 0.4) is 0 Å². The average molecular weight is 702 g/mol. The first-order chi connectivity index (χ1) is 25.8. The van der Waals surface area contributed by atoms with Crippen molar-refractivity contribution in [3.63, 3.8) is 0 Å². The summed E-state index contributed by atoms with van der Waals surface area (Å²) in [5, 5.41) is 8.01. The zero-order valence-corrected chi connectivity index (χ0v) is 29.9. The first-order valence-electron chi connectivity index (χ1n) is 17.4. The third-order valence-corrected chi connectivity index (χ3v) is 16.5. The molecule has 3 aromatic heterocycles. The molecule has 4 heterocycles. The monoisotopic (exact) mass is 701 g/mol. The summed E-state index contributed by atoms with van der Waals surface area (Å²) in [6.45, 7) is 0. The Hall–Kier alpha value is -6.21. The lowest BCUT2D eigenvalue weighted by molar-refractivity contribution is 0.483. The van der Waals surface area contributed by atoms with Gasteiger partial charge < -0.3 is 4.74 Å². The van der Waals surface area contributed by atoms with Gasteiger partial charge in [0, 0.05) is 44.6 Å². The summed E-state index contributed by atoms with van der Waals surface area (Å²) >= 11 is 1.90. The molecule has 10 rings (SSSR count). The number of fused-ring (bicyclic) bond motifs is 6. The van der Waals surface area contributed by atoms with Crippen molar-refractivity contribution in [1.82, 2.24) is 14.5 Å². The van der Waals surface area contributed by atoms with E-state index in [1.807, 2.05) is 66.6 Å². The number of hydrogen-bond acceptors (Lipinski definition) is 4. The Bertz CT molecular complexity index is 2700. The Labute approximate surface area is 307 Å². The highest BCUT2D eigenvalue weighted by Gasteiger charge is 2.47. The molecule has 0 saturated carbocycles. The van der Waals surface area contributed by atoms with Gasteiger partial charge in [-0.2, -0.15) is 0 Å². The highest BCUT2D eigenvalue weighted by Crippen LogP contribution is 2.43. The maximum Gasteiger partial charge on any atom is 0.181 e. The van der Waals surface area contributed by atoms with Crippen molar-refractivity contribution in [2.75, 3.05) is 0 Å². The lowest BCUT2D eigenvalue weighted by Crippen LogP contribution is -2.76. The van der Waals surface area contributed by atoms with Crippen molar-refractivity contribution in [3.05, 3.63) is 188 Å². The van der Waals surface area contributed by atoms with E-state index in [0.717, 1.165) is 39.6 Å². The van der Waals surface area contributed by atoms with Crippen molar-refractivity contribution in [3.8, 4) is 28.6 Å². The van der Waals surface area contributed by atoms with Crippen molar-refractivity contribution < 1.29 is 4.74 Å². The van der Waals surface area contributed by atoms with Gasteiger partial charge >= 0.3 is 0 Å². The highest BCUT2D eigenvalue weighted by atomic mass is 32.2. The number of nitrogens with zero attached hydrogens (tertiary/aromatic N) is 3. The smallest absolute Gasteiger partial charge is 0.181 e. The van der Waals surface area contributed by atoms with Crippen LogP contribution >= 0.6 is 11.8 Å². The van der Waals surface area contributed by atoms with E-state index in [1.54, 1.807) is 0 Å². The molecular weight excluding hydrogens is 671 g/mol. The summed E-state index contributed by atoms with van der Waals surface area (Å²) in [7, 11) is -2.72. The van der Waals surface area contributed by atoms with Crippen LogP contribution in [-0.4, -0.2) is 22.6 Å². The van der Waals surface area contributed by atoms with Crippen LogP contribution in [0.5, 0.6) is 11.5 Å². The van der Waals surface area contributed by atoms with E-state index in [1.165, 1.54) is 41.3 Å². The normalized spacial score (nSPS) is 13.1. The molecular formula is C46H31N3OSSi. The molecule has 0 aliphatic carbocycles. The van der Waals surface area contributed by atoms with Gasteiger partial charge in [-0.15, -0.1) is 0 Å². The van der Waals surface area contributed by atoms with E-state index in [0.29, 0.717) is 0 Å². The van der Waals surface area contributed by atoms with Crippen molar-refractivity contribution >= 4 is 62.4 Å². The van der Waals surface area contributed by atoms with E-state index < -0.39 is 8.07 Å². The second-order valence-electron chi connectivity index (χ2n) is 13.0. The topological polar surface area (TPSA) is 39.9 Å². The maximum absolute atomic E-state index is 6.58. The fraction of sp³-hybridized carbons (Fsp3) is 0. The molecule has 0 radical (unpaired) electrons. The quantitative estimate of drug-likeness (QED) is 0.163. The lowest BCUT2D eigenvalue weighted by Gasteiger charge is -2.40. The Morgan fingerprint density at radius 3 is 1.98 bits per heavy atom. The Kier molecular flexibility index (Phi) is 7.37. The van der Waals surface area contributed by atoms with Crippen LogP contribution in [0.1, 0.15) is 0 Å². The summed E-state index contributed by atoms with van der Waals surface area (Å²) in [6, 6.07) is 62.8. The third-order valence-electron chi connectivity index (χ3n) is 10.1. The molecule has 1 aliphatic rings. The maximum atomic E-state index is 6.58. The van der Waals surface area contributed by atoms with Crippen LogP contribution in [0.15, 0.2) is 198 Å². The summed E-state index contributed by atoms with van der Waals surface area (Å²) in [5.41, 5.74) is 4.09. The van der Waals surface area contributed by atoms with Crippen LogP contribution in [0.25, 0.3) is 38.9 Å². The van der Waals surface area contributed by atoms with Crippen LogP contribution in [0, 0.1) is 0 Å². The molecule has 9 aromatic rings. The van der Waals surface area contributed by atoms with E-state index >= 15 is 0 Å². The fourth-order valence-electron chi connectivity index (χ4n) is 7.93. The van der Waals surface area contributed by atoms with Gasteiger partial charge in [0.05, 0.1) is 16.7 Å². The Balaban J connectivity index is 1.23. The van der Waals surface area contributed by atoms with Gasteiger partial charge in [0.1, 0.15) is 17.3 Å². The minimum absolute atomic E-state index is 0.758. The summed E-state index contributed by atoms with van der Waals surface area (Å²) < 4.78 is 8.87. The second kappa shape index (κ2) is 12.5. The predicted octanol–water partition coefficient (Wildman–Crippen LogP) is 8.88. The van der Waals surface area contributed by atoms with Crippen LogP contribution in [0.2, 0.25) is 0 Å². The van der Waals surface area contributed by atoms with Gasteiger partial charge in [-0.25, -0.2) is 4.98 Å². The molecule has 0 unspecified atom stereocenters. The number of benzene rings is 6. The number of ether oxygens (including phenoxy) is 1. The van der Waals surface area contributed by atoms with Gasteiger partial charge in [-0.1, -0.05) is 121 Å². The molecule has 0 amide bonds. The van der Waals surface area contributed by atoms with Gasteiger partial charge in [-0.05, 0) is 81.4 Å². The molecule has 4 nitrogen and oxygen atoms in total. The molecule has 0 bridgehead atoms. The molecule has 6 aromatic carbocycles. The minimum Gasteiger partial charge on any atom is -0.457 e. The molecule has 1 aliphatic heterocycles. The molecule has 0 saturated heterocycles. The van der Waals surface area contributed by atoms with E-state index in [4.69, 9.17) is 9.72 Å². The van der Waals surface area contributed by atoms with Crippen molar-refractivity contribution in [2.24, 2.45) is 0 Å². The van der Waals surface area contributed by atoms with Gasteiger partial charge in [0.2, 0.25) is 0 Å². The molecule has 0 N–H and O–H groups in total. The fourth-order valence-corrected chi connectivity index (χ4v) is 15.0. The summed E-state index contributed by atoms with van der Waals surface area (Å²) in [6.07, 6.45) is 3.68. The Morgan fingerprint density at radius 1 is 0.519 bits per heavy atom. The van der Waals surface area contributed by atoms with E-state index in [-0.39, 0.29) is 0 Å². The average Bonchev–Trinajstić information content (AvgIpc) is 3.55. The van der Waals surface area contributed by atoms with Crippen molar-refractivity contribution in [1.29, 1.82) is 0 Å². The minimum atomic E-state index is -2.72.